The second-order valence-corrected chi connectivity index (χ2v) is 6.67. The van der Waals surface area contributed by atoms with Crippen LogP contribution in [-0.2, 0) is 4.74 Å². The number of morpholine rings is 1. The summed E-state index contributed by atoms with van der Waals surface area (Å²) < 4.78 is 5.41. The quantitative estimate of drug-likeness (QED) is 0.774. The maximum absolute atomic E-state index is 9.03. The van der Waals surface area contributed by atoms with Crippen LogP contribution in [0.5, 0.6) is 0 Å². The number of hydrogen-bond acceptors (Lipinski definition) is 9. The van der Waals surface area contributed by atoms with E-state index < -0.39 is 0 Å². The normalized spacial score (nSPS) is 19.8. The average molecular weight is 366 g/mol. The fourth-order valence-electron chi connectivity index (χ4n) is 3.44. The third-order valence-electron chi connectivity index (χ3n) is 5.03. The summed E-state index contributed by atoms with van der Waals surface area (Å²) in [4.78, 5) is 24.3. The van der Waals surface area contributed by atoms with Crippen molar-refractivity contribution in [3.63, 3.8) is 0 Å². The molecule has 9 heteroatoms. The zero-order valence-electron chi connectivity index (χ0n) is 15.3. The van der Waals surface area contributed by atoms with E-state index in [2.05, 4.69) is 42.8 Å². The molecule has 1 unspecified atom stereocenters. The zero-order valence-corrected chi connectivity index (χ0v) is 15.3. The predicted molar refractivity (Wildman–Crippen MR) is 101 cm³/mol. The van der Waals surface area contributed by atoms with E-state index >= 15 is 0 Å². The van der Waals surface area contributed by atoms with Crippen LogP contribution in [-0.4, -0.2) is 72.4 Å². The molecule has 2 aromatic heterocycles. The van der Waals surface area contributed by atoms with E-state index in [1.807, 2.05) is 12.3 Å². The van der Waals surface area contributed by atoms with Gasteiger partial charge >= 0.3 is 0 Å². The largest absolute Gasteiger partial charge is 0.378 e. The summed E-state index contributed by atoms with van der Waals surface area (Å²) in [5, 5.41) is 9.03. The van der Waals surface area contributed by atoms with Gasteiger partial charge in [-0.1, -0.05) is 0 Å². The molecule has 0 saturated carbocycles. The van der Waals surface area contributed by atoms with Crippen molar-refractivity contribution in [2.24, 2.45) is 0 Å². The van der Waals surface area contributed by atoms with Gasteiger partial charge in [0.05, 0.1) is 13.2 Å². The highest BCUT2D eigenvalue weighted by atomic mass is 16.5. The molecule has 9 nitrogen and oxygen atoms in total. The van der Waals surface area contributed by atoms with Crippen molar-refractivity contribution >= 4 is 17.7 Å². The highest BCUT2D eigenvalue weighted by Crippen LogP contribution is 2.23. The van der Waals surface area contributed by atoms with Crippen LogP contribution in [0.2, 0.25) is 0 Å². The molecule has 4 rings (SSSR count). The van der Waals surface area contributed by atoms with E-state index in [-0.39, 0.29) is 0 Å². The highest BCUT2D eigenvalue weighted by Gasteiger charge is 2.28. The Balaban J connectivity index is 1.45. The predicted octanol–water partition coefficient (Wildman–Crippen LogP) is 0.690. The Hall–Kier alpha value is -2.99. The molecule has 2 aliphatic rings. The summed E-state index contributed by atoms with van der Waals surface area (Å²) in [6.45, 7) is 4.70. The van der Waals surface area contributed by atoms with Gasteiger partial charge in [0.25, 0.3) is 0 Å². The van der Waals surface area contributed by atoms with Crippen molar-refractivity contribution in [3.05, 3.63) is 30.2 Å². The Bertz CT molecular complexity index is 832. The van der Waals surface area contributed by atoms with Crippen molar-refractivity contribution < 1.29 is 4.74 Å². The second-order valence-electron chi connectivity index (χ2n) is 6.67. The Morgan fingerprint density at radius 3 is 2.59 bits per heavy atom. The minimum absolute atomic E-state index is 0.298. The molecular weight excluding hydrogens is 344 g/mol. The smallest absolute Gasteiger partial charge is 0.227 e. The summed E-state index contributed by atoms with van der Waals surface area (Å²) in [5.74, 6) is 2.27. The lowest BCUT2D eigenvalue weighted by molar-refractivity contribution is 0.122. The first kappa shape index (κ1) is 17.4. The summed E-state index contributed by atoms with van der Waals surface area (Å²) in [7, 11) is 2.06. The fraction of sp³-hybridized carbons (Fsp3) is 0.500. The number of hydrogen-bond donors (Lipinski definition) is 0. The molecule has 4 heterocycles. The van der Waals surface area contributed by atoms with Crippen LogP contribution in [0.1, 0.15) is 12.1 Å². The van der Waals surface area contributed by atoms with Gasteiger partial charge in [-0.2, -0.15) is 10.2 Å². The molecule has 140 valence electrons. The fourth-order valence-corrected chi connectivity index (χ4v) is 3.44. The summed E-state index contributed by atoms with van der Waals surface area (Å²) in [5.41, 5.74) is 0.391. The maximum atomic E-state index is 9.03. The molecule has 0 spiro atoms. The maximum Gasteiger partial charge on any atom is 0.227 e. The van der Waals surface area contributed by atoms with Gasteiger partial charge in [0.1, 0.15) is 17.6 Å². The molecule has 2 aromatic rings. The third-order valence-corrected chi connectivity index (χ3v) is 5.03. The lowest BCUT2D eigenvalue weighted by Gasteiger charge is -2.29. The number of likely N-dealkylation sites (N-methyl/N-ethyl adjacent to an activating group) is 1. The molecule has 0 bridgehead atoms. The van der Waals surface area contributed by atoms with Crippen LogP contribution in [0.4, 0.5) is 17.7 Å². The molecule has 0 aliphatic carbocycles. The van der Waals surface area contributed by atoms with Crippen molar-refractivity contribution in [2.75, 3.05) is 61.1 Å². The molecule has 0 N–H and O–H groups in total. The van der Waals surface area contributed by atoms with Gasteiger partial charge in [0.2, 0.25) is 11.9 Å². The molecular formula is C18H22N8O. The van der Waals surface area contributed by atoms with Crippen LogP contribution in [0.3, 0.4) is 0 Å². The van der Waals surface area contributed by atoms with Crippen LogP contribution in [0.15, 0.2) is 24.5 Å². The molecule has 2 fully saturated rings. The zero-order chi connectivity index (χ0) is 18.6. The standard InChI is InChI=1S/C18H22N8O/c1-24(16-3-6-21-18(23-16)25-8-10-27-11-9-25)15-4-7-26(13-15)17-20-5-2-14(12-19)22-17/h2-3,5-6,15H,4,7-11,13H2,1H3. The van der Waals surface area contributed by atoms with Crippen LogP contribution < -0.4 is 14.7 Å². The van der Waals surface area contributed by atoms with Gasteiger partial charge < -0.3 is 19.4 Å². The van der Waals surface area contributed by atoms with Crippen LogP contribution in [0.25, 0.3) is 0 Å². The lowest BCUT2D eigenvalue weighted by Crippen LogP contribution is -2.38. The van der Waals surface area contributed by atoms with Crippen molar-refractivity contribution in [2.45, 2.75) is 12.5 Å². The van der Waals surface area contributed by atoms with Crippen molar-refractivity contribution in [1.82, 2.24) is 19.9 Å². The molecule has 2 aliphatic heterocycles. The molecule has 1 atom stereocenters. The summed E-state index contributed by atoms with van der Waals surface area (Å²) in [6, 6.07) is 5.93. The number of nitrogens with zero attached hydrogens (tertiary/aromatic N) is 8. The number of aromatic nitrogens is 4. The Kier molecular flexibility index (Phi) is 4.98. The Morgan fingerprint density at radius 2 is 1.81 bits per heavy atom. The molecule has 0 radical (unpaired) electrons. The minimum Gasteiger partial charge on any atom is -0.378 e. The lowest BCUT2D eigenvalue weighted by atomic mass is 10.2. The van der Waals surface area contributed by atoms with E-state index in [0.29, 0.717) is 30.9 Å². The van der Waals surface area contributed by atoms with Crippen molar-refractivity contribution in [1.29, 1.82) is 5.26 Å². The Morgan fingerprint density at radius 1 is 1.07 bits per heavy atom. The van der Waals surface area contributed by atoms with Crippen LogP contribution in [0, 0.1) is 11.3 Å². The average Bonchev–Trinajstić information content (AvgIpc) is 3.24. The van der Waals surface area contributed by atoms with Gasteiger partial charge in [-0.25, -0.2) is 15.0 Å². The first-order valence-corrected chi connectivity index (χ1v) is 9.11. The van der Waals surface area contributed by atoms with Gasteiger partial charge in [-0.3, -0.25) is 0 Å². The SMILES string of the molecule is CN(c1ccnc(N2CCOCC2)n1)C1CCN(c2nccc(C#N)n2)C1. The molecule has 2 saturated heterocycles. The molecule has 27 heavy (non-hydrogen) atoms. The Labute approximate surface area is 158 Å². The second kappa shape index (κ2) is 7.72. The van der Waals surface area contributed by atoms with Gasteiger partial charge in [-0.15, -0.1) is 0 Å². The highest BCUT2D eigenvalue weighted by molar-refractivity contribution is 5.46. The van der Waals surface area contributed by atoms with Crippen LogP contribution >= 0.6 is 0 Å². The number of anilines is 3. The number of rotatable bonds is 4. The molecule has 0 amide bonds. The van der Waals surface area contributed by atoms with E-state index in [9.17, 15) is 0 Å². The summed E-state index contributed by atoms with van der Waals surface area (Å²) in [6.07, 6.45) is 4.43. The first-order chi connectivity index (χ1) is 13.2. The van der Waals surface area contributed by atoms with E-state index in [4.69, 9.17) is 15.0 Å². The number of nitriles is 1. The topological polar surface area (TPSA) is 94.3 Å². The minimum atomic E-state index is 0.298. The van der Waals surface area contributed by atoms with E-state index in [1.54, 1.807) is 12.3 Å². The van der Waals surface area contributed by atoms with Crippen molar-refractivity contribution in [3.8, 4) is 6.07 Å². The van der Waals surface area contributed by atoms with E-state index in [0.717, 1.165) is 44.4 Å². The third kappa shape index (κ3) is 3.75. The van der Waals surface area contributed by atoms with Gasteiger partial charge in [-0.05, 0) is 18.6 Å². The first-order valence-electron chi connectivity index (χ1n) is 9.11. The monoisotopic (exact) mass is 366 g/mol. The summed E-state index contributed by atoms with van der Waals surface area (Å²) >= 11 is 0. The van der Waals surface area contributed by atoms with Gasteiger partial charge in [0, 0.05) is 51.7 Å². The van der Waals surface area contributed by atoms with E-state index in [1.165, 1.54) is 0 Å². The molecule has 0 aromatic carbocycles. The van der Waals surface area contributed by atoms with Gasteiger partial charge in [0.15, 0.2) is 0 Å². The number of ether oxygens (including phenoxy) is 1.